The van der Waals surface area contributed by atoms with Crippen molar-refractivity contribution in [2.75, 3.05) is 7.11 Å². The van der Waals surface area contributed by atoms with Crippen LogP contribution >= 0.6 is 23.2 Å². The zero-order valence-corrected chi connectivity index (χ0v) is 12.9. The standard InChI is InChI=1S/C15H18Cl2N2O/c1-20-18-8-12-11(7-10-3-5-15(12)19-10)9-2-4-13(16)14(17)6-9/h2,4,6,8,10-12,15,19H,3,5,7H2,1H3/b18-8+/t10?,11-,12-,15-/m1/s1. The molecule has 0 aromatic heterocycles. The van der Waals surface area contributed by atoms with Crippen LogP contribution in [0.15, 0.2) is 23.4 Å². The number of benzene rings is 1. The molecule has 2 aliphatic rings. The van der Waals surface area contributed by atoms with Crippen molar-refractivity contribution in [1.29, 1.82) is 0 Å². The first-order valence-corrected chi connectivity index (χ1v) is 7.72. The summed E-state index contributed by atoms with van der Waals surface area (Å²) in [7, 11) is 1.58. The first kappa shape index (κ1) is 14.2. The van der Waals surface area contributed by atoms with Crippen LogP contribution in [-0.2, 0) is 4.84 Å². The van der Waals surface area contributed by atoms with Crippen LogP contribution in [-0.4, -0.2) is 25.4 Å². The van der Waals surface area contributed by atoms with Crippen molar-refractivity contribution in [2.45, 2.75) is 37.3 Å². The van der Waals surface area contributed by atoms with Gasteiger partial charge in [-0.05, 0) is 42.9 Å². The summed E-state index contributed by atoms with van der Waals surface area (Å²) in [5.41, 5.74) is 1.24. The Morgan fingerprint density at radius 3 is 2.90 bits per heavy atom. The molecule has 2 fully saturated rings. The Morgan fingerprint density at radius 1 is 1.30 bits per heavy atom. The Morgan fingerprint density at radius 2 is 2.15 bits per heavy atom. The molecule has 1 aromatic carbocycles. The number of fused-ring (bicyclic) bond motifs is 2. The van der Waals surface area contributed by atoms with Crippen molar-refractivity contribution in [3.63, 3.8) is 0 Å². The summed E-state index contributed by atoms with van der Waals surface area (Å²) >= 11 is 12.2. The largest absolute Gasteiger partial charge is 0.399 e. The van der Waals surface area contributed by atoms with E-state index in [9.17, 15) is 0 Å². The molecular formula is C15H18Cl2N2O. The lowest BCUT2D eigenvalue weighted by Crippen LogP contribution is -2.45. The zero-order valence-electron chi connectivity index (χ0n) is 11.4. The molecule has 2 aliphatic heterocycles. The van der Waals surface area contributed by atoms with E-state index in [-0.39, 0.29) is 0 Å². The third-order valence-corrected chi connectivity index (χ3v) is 5.19. The van der Waals surface area contributed by atoms with E-state index in [2.05, 4.69) is 16.5 Å². The molecule has 0 aliphatic carbocycles. The Bertz CT molecular complexity index is 521. The molecule has 1 N–H and O–H groups in total. The molecule has 3 nitrogen and oxygen atoms in total. The van der Waals surface area contributed by atoms with Gasteiger partial charge in [0.25, 0.3) is 0 Å². The molecule has 0 spiro atoms. The highest BCUT2D eigenvalue weighted by Crippen LogP contribution is 2.42. The lowest BCUT2D eigenvalue weighted by molar-refractivity contribution is 0.209. The Hall–Kier alpha value is -0.770. The van der Waals surface area contributed by atoms with Crippen LogP contribution in [0, 0.1) is 5.92 Å². The van der Waals surface area contributed by atoms with Gasteiger partial charge < -0.3 is 10.2 Å². The summed E-state index contributed by atoms with van der Waals surface area (Å²) in [6.45, 7) is 0. The maximum absolute atomic E-state index is 6.17. The van der Waals surface area contributed by atoms with Gasteiger partial charge in [-0.3, -0.25) is 0 Å². The van der Waals surface area contributed by atoms with Crippen LogP contribution in [0.2, 0.25) is 10.0 Å². The summed E-state index contributed by atoms with van der Waals surface area (Å²) in [5, 5.41) is 8.90. The van der Waals surface area contributed by atoms with Gasteiger partial charge in [0, 0.05) is 24.2 Å². The fourth-order valence-corrected chi connectivity index (χ4v) is 3.83. The molecule has 2 saturated heterocycles. The van der Waals surface area contributed by atoms with Gasteiger partial charge in [-0.25, -0.2) is 0 Å². The van der Waals surface area contributed by atoms with Crippen LogP contribution in [0.25, 0.3) is 0 Å². The maximum Gasteiger partial charge on any atom is 0.106 e. The Kier molecular flexibility index (Phi) is 4.20. The minimum atomic E-state index is 0.339. The van der Waals surface area contributed by atoms with E-state index in [0.29, 0.717) is 34.0 Å². The summed E-state index contributed by atoms with van der Waals surface area (Å²) in [6, 6.07) is 7.04. The van der Waals surface area contributed by atoms with Crippen LogP contribution in [0.3, 0.4) is 0 Å². The number of rotatable bonds is 3. The van der Waals surface area contributed by atoms with Crippen molar-refractivity contribution in [3.8, 4) is 0 Å². The molecule has 3 rings (SSSR count). The maximum atomic E-state index is 6.17. The molecule has 1 aromatic rings. The third-order valence-electron chi connectivity index (χ3n) is 4.45. The molecule has 2 bridgehead atoms. The van der Waals surface area contributed by atoms with E-state index < -0.39 is 0 Å². The van der Waals surface area contributed by atoms with Gasteiger partial charge in [0.2, 0.25) is 0 Å². The number of oxime groups is 1. The molecule has 2 heterocycles. The number of hydrogen-bond donors (Lipinski definition) is 1. The van der Waals surface area contributed by atoms with E-state index in [4.69, 9.17) is 28.0 Å². The van der Waals surface area contributed by atoms with Crippen LogP contribution in [0.5, 0.6) is 0 Å². The van der Waals surface area contributed by atoms with E-state index in [1.807, 2.05) is 18.3 Å². The van der Waals surface area contributed by atoms with Gasteiger partial charge in [0.15, 0.2) is 0 Å². The molecule has 1 unspecified atom stereocenters. The van der Waals surface area contributed by atoms with Crippen LogP contribution in [0.4, 0.5) is 0 Å². The highest BCUT2D eigenvalue weighted by molar-refractivity contribution is 6.42. The van der Waals surface area contributed by atoms with Crippen molar-refractivity contribution in [3.05, 3.63) is 33.8 Å². The van der Waals surface area contributed by atoms with E-state index in [1.165, 1.54) is 18.4 Å². The van der Waals surface area contributed by atoms with Crippen molar-refractivity contribution in [1.82, 2.24) is 5.32 Å². The topological polar surface area (TPSA) is 33.6 Å². The molecule has 4 atom stereocenters. The second-order valence-electron chi connectivity index (χ2n) is 5.58. The van der Waals surface area contributed by atoms with Crippen molar-refractivity contribution >= 4 is 29.4 Å². The van der Waals surface area contributed by atoms with Crippen molar-refractivity contribution in [2.24, 2.45) is 11.1 Å². The van der Waals surface area contributed by atoms with E-state index in [1.54, 1.807) is 7.11 Å². The number of nitrogens with one attached hydrogen (secondary N) is 1. The lowest BCUT2D eigenvalue weighted by atomic mass is 9.77. The summed E-state index contributed by atoms with van der Waals surface area (Å²) in [6.07, 6.45) is 5.48. The van der Waals surface area contributed by atoms with Gasteiger partial charge in [-0.2, -0.15) is 0 Å². The Balaban J connectivity index is 1.91. The zero-order chi connectivity index (χ0) is 14.1. The van der Waals surface area contributed by atoms with Gasteiger partial charge >= 0.3 is 0 Å². The van der Waals surface area contributed by atoms with Gasteiger partial charge in [-0.15, -0.1) is 0 Å². The molecule has 0 amide bonds. The SMILES string of the molecule is CO/N=C/[C@@H]1[C@@H](c2ccc(Cl)c(Cl)c2)CC2CC[C@H]1N2. The van der Waals surface area contributed by atoms with E-state index in [0.717, 1.165) is 6.42 Å². The average Bonchev–Trinajstić information content (AvgIpc) is 2.83. The predicted molar refractivity (Wildman–Crippen MR) is 82.8 cm³/mol. The molecule has 5 heteroatoms. The predicted octanol–water partition coefficient (Wildman–Crippen LogP) is 3.85. The van der Waals surface area contributed by atoms with Crippen molar-refractivity contribution < 1.29 is 4.84 Å². The minimum Gasteiger partial charge on any atom is -0.399 e. The molecule has 20 heavy (non-hydrogen) atoms. The first-order valence-electron chi connectivity index (χ1n) is 6.96. The van der Waals surface area contributed by atoms with Gasteiger partial charge in [0.1, 0.15) is 7.11 Å². The highest BCUT2D eigenvalue weighted by Gasteiger charge is 2.41. The fraction of sp³-hybridized carbons (Fsp3) is 0.533. The number of halogens is 2. The average molecular weight is 313 g/mol. The quantitative estimate of drug-likeness (QED) is 0.679. The molecule has 0 saturated carbocycles. The molecular weight excluding hydrogens is 295 g/mol. The lowest BCUT2D eigenvalue weighted by Gasteiger charge is -2.35. The normalized spacial score (nSPS) is 32.8. The minimum absolute atomic E-state index is 0.339. The second-order valence-corrected chi connectivity index (χ2v) is 6.39. The Labute approximate surface area is 129 Å². The second kappa shape index (κ2) is 5.92. The summed E-state index contributed by atoms with van der Waals surface area (Å²) in [4.78, 5) is 4.87. The number of nitrogens with zero attached hydrogens (tertiary/aromatic N) is 1. The fourth-order valence-electron chi connectivity index (χ4n) is 3.52. The van der Waals surface area contributed by atoms with Gasteiger partial charge in [-0.1, -0.05) is 34.4 Å². The highest BCUT2D eigenvalue weighted by atomic mass is 35.5. The summed E-state index contributed by atoms with van der Waals surface area (Å²) in [5.74, 6) is 0.758. The number of hydrogen-bond acceptors (Lipinski definition) is 3. The molecule has 108 valence electrons. The first-order chi connectivity index (χ1) is 9.69. The smallest absolute Gasteiger partial charge is 0.106 e. The number of piperidine rings is 1. The van der Waals surface area contributed by atoms with E-state index >= 15 is 0 Å². The van der Waals surface area contributed by atoms with Crippen LogP contribution in [0.1, 0.15) is 30.7 Å². The third kappa shape index (κ3) is 2.67. The summed E-state index contributed by atoms with van der Waals surface area (Å²) < 4.78 is 0. The van der Waals surface area contributed by atoms with Gasteiger partial charge in [0.05, 0.1) is 10.0 Å². The molecule has 0 radical (unpaired) electrons. The monoisotopic (exact) mass is 312 g/mol. The van der Waals surface area contributed by atoms with Crippen LogP contribution < -0.4 is 5.32 Å².